The molecular weight excluding hydrogens is 440 g/mol. The molecule has 1 heterocycles. The highest BCUT2D eigenvalue weighted by molar-refractivity contribution is 6.46. The number of ether oxygens (including phenoxy) is 1. The predicted molar refractivity (Wildman–Crippen MR) is 130 cm³/mol. The predicted octanol–water partition coefficient (Wildman–Crippen LogP) is 4.89. The van der Waals surface area contributed by atoms with Gasteiger partial charge in [0.05, 0.1) is 18.2 Å². The van der Waals surface area contributed by atoms with Gasteiger partial charge >= 0.3 is 0 Å². The summed E-state index contributed by atoms with van der Waals surface area (Å²) in [5, 5.41) is 11.6. The molecule has 1 saturated heterocycles. The SMILES string of the molecule is CCCOc1cccc(C2C(=C(O)c3ccc(Cl)cc3)C(=O)C(=O)N2CCN(CC)CC)c1. The average molecular weight is 471 g/mol. The van der Waals surface area contributed by atoms with E-state index in [1.165, 1.54) is 0 Å². The number of ketones is 1. The number of rotatable bonds is 10. The van der Waals surface area contributed by atoms with E-state index in [1.807, 2.05) is 31.2 Å². The normalized spacial score (nSPS) is 17.7. The molecule has 33 heavy (non-hydrogen) atoms. The molecule has 0 aromatic heterocycles. The number of aliphatic hydroxyl groups is 1. The maximum atomic E-state index is 13.1. The summed E-state index contributed by atoms with van der Waals surface area (Å²) in [4.78, 5) is 30.0. The van der Waals surface area contributed by atoms with Gasteiger partial charge in [0.25, 0.3) is 11.7 Å². The second kappa shape index (κ2) is 11.3. The first kappa shape index (κ1) is 24.8. The van der Waals surface area contributed by atoms with Gasteiger partial charge in [-0.25, -0.2) is 0 Å². The van der Waals surface area contributed by atoms with Crippen molar-refractivity contribution in [3.05, 3.63) is 70.3 Å². The summed E-state index contributed by atoms with van der Waals surface area (Å²) in [6, 6.07) is 13.2. The van der Waals surface area contributed by atoms with E-state index in [0.717, 1.165) is 25.1 Å². The number of hydrogen-bond acceptors (Lipinski definition) is 5. The van der Waals surface area contributed by atoms with Crippen LogP contribution in [0.2, 0.25) is 5.02 Å². The summed E-state index contributed by atoms with van der Waals surface area (Å²) in [5.74, 6) is -0.843. The van der Waals surface area contributed by atoms with E-state index in [9.17, 15) is 14.7 Å². The Labute approximate surface area is 200 Å². The highest BCUT2D eigenvalue weighted by Crippen LogP contribution is 2.40. The van der Waals surface area contributed by atoms with Gasteiger partial charge < -0.3 is 19.6 Å². The van der Waals surface area contributed by atoms with E-state index >= 15 is 0 Å². The van der Waals surface area contributed by atoms with Crippen LogP contribution >= 0.6 is 11.6 Å². The number of halogens is 1. The van der Waals surface area contributed by atoms with E-state index < -0.39 is 17.7 Å². The lowest BCUT2D eigenvalue weighted by atomic mass is 9.95. The van der Waals surface area contributed by atoms with Crippen LogP contribution in [-0.4, -0.2) is 59.4 Å². The van der Waals surface area contributed by atoms with Crippen LogP contribution in [0.3, 0.4) is 0 Å². The third-order valence-electron chi connectivity index (χ3n) is 5.86. The highest BCUT2D eigenvalue weighted by atomic mass is 35.5. The molecule has 1 aliphatic heterocycles. The van der Waals surface area contributed by atoms with Gasteiger partial charge in [-0.1, -0.05) is 44.5 Å². The van der Waals surface area contributed by atoms with Crippen molar-refractivity contribution in [1.82, 2.24) is 9.80 Å². The quantitative estimate of drug-likeness (QED) is 0.304. The molecule has 0 radical (unpaired) electrons. The minimum absolute atomic E-state index is 0.0783. The molecule has 176 valence electrons. The minimum atomic E-state index is -0.707. The second-order valence-corrected chi connectivity index (χ2v) is 8.38. The van der Waals surface area contributed by atoms with Crippen molar-refractivity contribution in [2.24, 2.45) is 0 Å². The first-order valence-electron chi connectivity index (χ1n) is 11.4. The monoisotopic (exact) mass is 470 g/mol. The topological polar surface area (TPSA) is 70.1 Å². The van der Waals surface area contributed by atoms with Crippen molar-refractivity contribution in [2.45, 2.75) is 33.2 Å². The third kappa shape index (κ3) is 5.57. The summed E-state index contributed by atoms with van der Waals surface area (Å²) in [6.07, 6.45) is 0.864. The first-order chi connectivity index (χ1) is 15.9. The highest BCUT2D eigenvalue weighted by Gasteiger charge is 2.46. The Balaban J connectivity index is 2.08. The molecule has 1 N–H and O–H groups in total. The number of amides is 1. The number of likely N-dealkylation sites (N-methyl/N-ethyl adjacent to an activating group) is 1. The number of nitrogens with zero attached hydrogens (tertiary/aromatic N) is 2. The Hall–Kier alpha value is -2.83. The van der Waals surface area contributed by atoms with Crippen LogP contribution < -0.4 is 4.74 Å². The van der Waals surface area contributed by atoms with Gasteiger partial charge in [-0.05, 0) is 61.5 Å². The maximum absolute atomic E-state index is 13.1. The van der Waals surface area contributed by atoms with Crippen molar-refractivity contribution < 1.29 is 19.4 Å². The number of benzene rings is 2. The number of hydrogen-bond donors (Lipinski definition) is 1. The van der Waals surface area contributed by atoms with Gasteiger partial charge in [0.15, 0.2) is 0 Å². The summed E-state index contributed by atoms with van der Waals surface area (Å²) >= 11 is 5.99. The van der Waals surface area contributed by atoms with Gasteiger partial charge in [-0.2, -0.15) is 0 Å². The van der Waals surface area contributed by atoms with Gasteiger partial charge in [0, 0.05) is 23.7 Å². The molecule has 0 aliphatic carbocycles. The number of Topliss-reactive ketones (excluding diaryl/α,β-unsaturated/α-hetero) is 1. The van der Waals surface area contributed by atoms with Crippen LogP contribution in [0.15, 0.2) is 54.1 Å². The standard InChI is InChI=1S/C26H31ClN2O4/c1-4-16-33-21-9-7-8-19(17-21)23-22(24(30)18-10-12-20(27)13-11-18)25(31)26(32)29(23)15-14-28(5-2)6-3/h7-13,17,23,30H,4-6,14-16H2,1-3H3. The molecule has 1 fully saturated rings. The van der Waals surface area contributed by atoms with Crippen molar-refractivity contribution in [1.29, 1.82) is 0 Å². The van der Waals surface area contributed by atoms with Crippen molar-refractivity contribution in [3.8, 4) is 5.75 Å². The largest absolute Gasteiger partial charge is 0.507 e. The van der Waals surface area contributed by atoms with Crippen LogP contribution in [0, 0.1) is 0 Å². The van der Waals surface area contributed by atoms with Crippen LogP contribution in [0.4, 0.5) is 0 Å². The number of carbonyl (C=O) groups excluding carboxylic acids is 2. The molecule has 0 spiro atoms. The van der Waals surface area contributed by atoms with Crippen LogP contribution in [0.25, 0.3) is 5.76 Å². The number of carbonyl (C=O) groups is 2. The maximum Gasteiger partial charge on any atom is 0.295 e. The molecule has 2 aromatic rings. The Morgan fingerprint density at radius 3 is 2.42 bits per heavy atom. The second-order valence-electron chi connectivity index (χ2n) is 7.95. The Morgan fingerprint density at radius 1 is 1.09 bits per heavy atom. The molecule has 0 bridgehead atoms. The molecule has 1 atom stereocenters. The fraction of sp³-hybridized carbons (Fsp3) is 0.385. The first-order valence-corrected chi connectivity index (χ1v) is 11.8. The Kier molecular flexibility index (Phi) is 8.53. The fourth-order valence-electron chi connectivity index (χ4n) is 4.00. The zero-order chi connectivity index (χ0) is 24.0. The summed E-state index contributed by atoms with van der Waals surface area (Å²) in [5.41, 5.74) is 1.23. The lowest BCUT2D eigenvalue weighted by molar-refractivity contribution is -0.140. The van der Waals surface area contributed by atoms with Gasteiger partial charge in [0.2, 0.25) is 0 Å². The lowest BCUT2D eigenvalue weighted by Gasteiger charge is -2.28. The van der Waals surface area contributed by atoms with Crippen LogP contribution in [-0.2, 0) is 9.59 Å². The van der Waals surface area contributed by atoms with Crippen molar-refractivity contribution >= 4 is 29.1 Å². The minimum Gasteiger partial charge on any atom is -0.507 e. The van der Waals surface area contributed by atoms with E-state index in [2.05, 4.69) is 18.7 Å². The number of aliphatic hydroxyl groups excluding tert-OH is 1. The zero-order valence-electron chi connectivity index (χ0n) is 19.4. The van der Waals surface area contributed by atoms with Gasteiger partial charge in [-0.3, -0.25) is 9.59 Å². The molecule has 0 saturated carbocycles. The molecular formula is C26H31ClN2O4. The van der Waals surface area contributed by atoms with Gasteiger partial charge in [-0.15, -0.1) is 0 Å². The zero-order valence-corrected chi connectivity index (χ0v) is 20.1. The Bertz CT molecular complexity index is 1020. The van der Waals surface area contributed by atoms with Crippen LogP contribution in [0.1, 0.15) is 44.4 Å². The van der Waals surface area contributed by atoms with E-state index in [-0.39, 0.29) is 11.3 Å². The van der Waals surface area contributed by atoms with Crippen LogP contribution in [0.5, 0.6) is 5.75 Å². The summed E-state index contributed by atoms with van der Waals surface area (Å²) in [6.45, 7) is 9.40. The van der Waals surface area contributed by atoms with E-state index in [0.29, 0.717) is 36.0 Å². The molecule has 6 nitrogen and oxygen atoms in total. The lowest BCUT2D eigenvalue weighted by Crippen LogP contribution is -2.38. The molecule has 1 amide bonds. The summed E-state index contributed by atoms with van der Waals surface area (Å²) < 4.78 is 5.78. The fourth-order valence-corrected chi connectivity index (χ4v) is 4.13. The van der Waals surface area contributed by atoms with Crippen molar-refractivity contribution in [2.75, 3.05) is 32.8 Å². The van der Waals surface area contributed by atoms with E-state index in [4.69, 9.17) is 16.3 Å². The van der Waals surface area contributed by atoms with Crippen molar-refractivity contribution in [3.63, 3.8) is 0 Å². The molecule has 1 aliphatic rings. The van der Waals surface area contributed by atoms with Gasteiger partial charge in [0.1, 0.15) is 11.5 Å². The number of likely N-dealkylation sites (tertiary alicyclic amines) is 1. The molecule has 7 heteroatoms. The third-order valence-corrected chi connectivity index (χ3v) is 6.11. The summed E-state index contributed by atoms with van der Waals surface area (Å²) in [7, 11) is 0. The van der Waals surface area contributed by atoms with E-state index in [1.54, 1.807) is 29.2 Å². The Morgan fingerprint density at radius 2 is 1.79 bits per heavy atom. The molecule has 3 rings (SSSR count). The average Bonchev–Trinajstić information content (AvgIpc) is 3.08. The smallest absolute Gasteiger partial charge is 0.295 e. The molecule has 2 aromatic carbocycles. The molecule has 1 unspecified atom stereocenters.